The second kappa shape index (κ2) is 20.7. The van der Waals surface area contributed by atoms with Crippen LogP contribution in [0.25, 0.3) is 0 Å². The summed E-state index contributed by atoms with van der Waals surface area (Å²) >= 11 is 0. The molecule has 0 radical (unpaired) electrons. The van der Waals surface area contributed by atoms with Gasteiger partial charge in [0.15, 0.2) is 16.4 Å². The van der Waals surface area contributed by atoms with Crippen LogP contribution in [0.4, 0.5) is 0 Å². The van der Waals surface area contributed by atoms with Crippen molar-refractivity contribution in [3.05, 3.63) is 0 Å². The number of hydrogen-bond acceptors (Lipinski definition) is 6. The largest absolute Gasteiger partial charge is 0.521 e. The maximum atomic E-state index is 12.3. The van der Waals surface area contributed by atoms with Crippen molar-refractivity contribution in [3.8, 4) is 0 Å². The van der Waals surface area contributed by atoms with E-state index >= 15 is 0 Å². The molecule has 3 N–H and O–H groups in total. The summed E-state index contributed by atoms with van der Waals surface area (Å²) < 4.78 is 27.3. The number of hydrogen-bond donors (Lipinski definition) is 2. The number of phosphoric ester groups is 1. The molecular weight excluding hydrogens is 445 g/mol. The molecule has 0 bridgehead atoms. The van der Waals surface area contributed by atoms with E-state index in [1.165, 1.54) is 95.4 Å². The van der Waals surface area contributed by atoms with Crippen LogP contribution >= 0.6 is 7.82 Å². The predicted octanol–water partition coefficient (Wildman–Crippen LogP) is 5.04. The van der Waals surface area contributed by atoms with E-state index in [1.807, 2.05) is 0 Å². The Balaban J connectivity index is 3.57. The van der Waals surface area contributed by atoms with Crippen molar-refractivity contribution < 1.29 is 22.6 Å². The third kappa shape index (κ3) is 18.7. The molecule has 0 saturated heterocycles. The average molecular weight is 494 g/mol. The number of nitrogens with two attached hydrogens (primary N) is 1. The summed E-state index contributed by atoms with van der Waals surface area (Å²) in [6.45, 7) is 2.21. The summed E-state index contributed by atoms with van der Waals surface area (Å²) in [6, 6.07) is 0. The van der Waals surface area contributed by atoms with Gasteiger partial charge in [-0.1, -0.05) is 103 Å². The Morgan fingerprint density at radius 2 is 1.28 bits per heavy atom. The highest BCUT2D eigenvalue weighted by Crippen LogP contribution is 2.48. The van der Waals surface area contributed by atoms with Gasteiger partial charge in [-0.2, -0.15) is 0 Å². The molecule has 0 saturated carbocycles. The number of rotatable bonds is 22. The van der Waals surface area contributed by atoms with E-state index in [9.17, 15) is 9.36 Å². The molecule has 32 heavy (non-hydrogen) atoms. The van der Waals surface area contributed by atoms with Crippen molar-refractivity contribution in [1.82, 2.24) is 4.90 Å². The molecule has 0 fully saturated rings. The van der Waals surface area contributed by atoms with Gasteiger partial charge in [-0.05, 0) is 6.42 Å². The molecule has 1 unspecified atom stereocenters. The minimum atomic E-state index is -3.86. The van der Waals surface area contributed by atoms with Crippen LogP contribution in [0.1, 0.15) is 110 Å². The normalized spacial score (nSPS) is 13.1. The highest BCUT2D eigenvalue weighted by molar-refractivity contribution is 7.50. The molecule has 0 aromatic heterocycles. The molecule has 0 aliphatic heterocycles. The highest BCUT2D eigenvalue weighted by Gasteiger charge is 2.29. The SMILES string of the molecule is CCCCCCCCCCCCCCCCCCOP(=O)(O[SiH3])OC(=O)CN(C)C(=N)N. The zero-order valence-electron chi connectivity index (χ0n) is 20.7. The molecule has 0 amide bonds. The van der Waals surface area contributed by atoms with Crippen LogP contribution in [-0.2, 0) is 22.6 Å². The molecule has 0 rings (SSSR count). The standard InChI is InChI=1S/C22H48N3O5PSi/c1-3-4-5-6-7-8-9-10-11-12-13-14-15-16-17-18-19-28-31(27,30-32)29-21(26)20-25(2)22(23)24/h3-20H2,1-2,32H3,(H3,23,24). The molecule has 1 atom stereocenters. The fraction of sp³-hybridized carbons (Fsp3) is 0.909. The number of guanidine groups is 1. The fourth-order valence-electron chi connectivity index (χ4n) is 3.38. The van der Waals surface area contributed by atoms with Crippen LogP contribution in [0.15, 0.2) is 0 Å². The van der Waals surface area contributed by atoms with Crippen LogP contribution in [0.2, 0.25) is 0 Å². The monoisotopic (exact) mass is 493 g/mol. The van der Waals surface area contributed by atoms with E-state index in [4.69, 9.17) is 24.4 Å². The van der Waals surface area contributed by atoms with Crippen molar-refractivity contribution in [1.29, 1.82) is 5.41 Å². The number of unbranched alkanes of at least 4 members (excludes halogenated alkanes) is 15. The van der Waals surface area contributed by atoms with Gasteiger partial charge in [0, 0.05) is 7.05 Å². The Morgan fingerprint density at radius 3 is 1.66 bits per heavy atom. The predicted molar refractivity (Wildman–Crippen MR) is 135 cm³/mol. The smallest absolute Gasteiger partial charge is 0.370 e. The molecule has 0 aromatic carbocycles. The Labute approximate surface area is 199 Å². The minimum Gasteiger partial charge on any atom is -0.370 e. The summed E-state index contributed by atoms with van der Waals surface area (Å²) in [4.78, 5) is 13.0. The van der Waals surface area contributed by atoms with Crippen molar-refractivity contribution in [3.63, 3.8) is 0 Å². The van der Waals surface area contributed by atoms with Crippen LogP contribution in [0, 0.1) is 5.41 Å². The van der Waals surface area contributed by atoms with Crippen LogP contribution < -0.4 is 5.73 Å². The third-order valence-corrected chi connectivity index (χ3v) is 8.18. The Kier molecular flexibility index (Phi) is 20.1. The minimum absolute atomic E-state index is 0.123. The maximum Gasteiger partial charge on any atom is 0.521 e. The fourth-order valence-corrected chi connectivity index (χ4v) is 4.81. The molecule has 190 valence electrons. The summed E-state index contributed by atoms with van der Waals surface area (Å²) in [5.74, 6) is -1.08. The van der Waals surface area contributed by atoms with E-state index < -0.39 is 13.8 Å². The number of nitrogens with one attached hydrogen (secondary N) is 1. The van der Waals surface area contributed by atoms with Gasteiger partial charge in [-0.15, -0.1) is 0 Å². The lowest BCUT2D eigenvalue weighted by molar-refractivity contribution is -0.136. The molecule has 0 aliphatic carbocycles. The molecule has 10 heteroatoms. The topological polar surface area (TPSA) is 115 Å². The molecule has 8 nitrogen and oxygen atoms in total. The maximum absolute atomic E-state index is 12.3. The van der Waals surface area contributed by atoms with Gasteiger partial charge in [0.05, 0.1) is 6.61 Å². The van der Waals surface area contributed by atoms with E-state index in [2.05, 4.69) is 6.92 Å². The van der Waals surface area contributed by atoms with Gasteiger partial charge < -0.3 is 19.4 Å². The van der Waals surface area contributed by atoms with E-state index in [0.29, 0.717) is 0 Å². The molecule has 0 aromatic rings. The van der Waals surface area contributed by atoms with Crippen molar-refractivity contribution in [2.45, 2.75) is 110 Å². The zero-order chi connectivity index (χ0) is 24.1. The zero-order valence-corrected chi connectivity index (χ0v) is 23.6. The summed E-state index contributed by atoms with van der Waals surface area (Å²) in [6.07, 6.45) is 20.4. The van der Waals surface area contributed by atoms with E-state index in [-0.39, 0.29) is 29.6 Å². The molecule has 0 heterocycles. The first kappa shape index (κ1) is 31.1. The van der Waals surface area contributed by atoms with Crippen LogP contribution in [0.3, 0.4) is 0 Å². The van der Waals surface area contributed by atoms with Gasteiger partial charge >= 0.3 is 13.8 Å². The van der Waals surface area contributed by atoms with Crippen LogP contribution in [-0.4, -0.2) is 47.5 Å². The van der Waals surface area contributed by atoms with E-state index in [1.54, 1.807) is 0 Å². The number of carbonyl (C=O) groups excluding carboxylic acids is 1. The first-order chi connectivity index (χ1) is 15.3. The Bertz CT molecular complexity index is 540. The third-order valence-electron chi connectivity index (χ3n) is 5.46. The van der Waals surface area contributed by atoms with E-state index in [0.717, 1.165) is 19.3 Å². The first-order valence-corrected chi connectivity index (χ1v) is 14.7. The quantitative estimate of drug-likeness (QED) is 0.0714. The number of carbonyl (C=O) groups is 1. The van der Waals surface area contributed by atoms with Crippen LogP contribution in [0.5, 0.6) is 0 Å². The highest BCUT2D eigenvalue weighted by atomic mass is 31.2. The van der Waals surface area contributed by atoms with Crippen molar-refractivity contribution in [2.24, 2.45) is 5.73 Å². The molecule has 0 aliphatic rings. The first-order valence-electron chi connectivity index (χ1n) is 12.4. The number of nitrogens with zero attached hydrogens (tertiary/aromatic N) is 1. The summed E-state index contributed by atoms with van der Waals surface area (Å²) in [5.41, 5.74) is 5.26. The van der Waals surface area contributed by atoms with Crippen molar-refractivity contribution in [2.75, 3.05) is 20.2 Å². The summed E-state index contributed by atoms with van der Waals surface area (Å²) in [7, 11) is -2.27. The number of likely N-dealkylation sites (N-methyl/N-ethyl adjacent to an activating group) is 1. The van der Waals surface area contributed by atoms with Gasteiger partial charge in [-0.25, -0.2) is 9.36 Å². The van der Waals surface area contributed by atoms with Gasteiger partial charge in [0.25, 0.3) is 0 Å². The molecule has 0 spiro atoms. The molecular formula is C22H48N3O5PSi. The second-order valence-electron chi connectivity index (χ2n) is 8.47. The van der Waals surface area contributed by atoms with Crippen molar-refractivity contribution >= 4 is 30.2 Å². The van der Waals surface area contributed by atoms with Gasteiger partial charge in [0.2, 0.25) is 0 Å². The Hall–Kier alpha value is -0.893. The second-order valence-corrected chi connectivity index (χ2v) is 11.3. The van der Waals surface area contributed by atoms with Gasteiger partial charge in [0.1, 0.15) is 6.54 Å². The summed E-state index contributed by atoms with van der Waals surface area (Å²) in [5, 5.41) is 7.23. The average Bonchev–Trinajstić information content (AvgIpc) is 2.75. The number of phosphoric acid groups is 1. The lowest BCUT2D eigenvalue weighted by Crippen LogP contribution is -2.37. The lowest BCUT2D eigenvalue weighted by Gasteiger charge is -2.19. The van der Waals surface area contributed by atoms with Gasteiger partial charge in [-0.3, -0.25) is 9.93 Å². The Morgan fingerprint density at radius 1 is 0.875 bits per heavy atom. The lowest BCUT2D eigenvalue weighted by atomic mass is 10.0.